The zero-order chi connectivity index (χ0) is 18.6. The SMILES string of the molecule is O=C1OC(CCCN2CCN(C(=O)c3ccncc3)CC2)c2ccccc21. The molecule has 2 aliphatic heterocycles. The molecule has 0 saturated carbocycles. The fourth-order valence-electron chi connectivity index (χ4n) is 3.79. The number of pyridine rings is 1. The molecule has 27 heavy (non-hydrogen) atoms. The van der Waals surface area contributed by atoms with Gasteiger partial charge in [0.05, 0.1) is 5.56 Å². The van der Waals surface area contributed by atoms with Gasteiger partial charge in [0.1, 0.15) is 6.10 Å². The number of carbonyl (C=O) groups is 2. The van der Waals surface area contributed by atoms with Gasteiger partial charge in [-0.3, -0.25) is 14.7 Å². The van der Waals surface area contributed by atoms with Crippen LogP contribution in [0.5, 0.6) is 0 Å². The molecule has 0 bridgehead atoms. The molecule has 1 saturated heterocycles. The second kappa shape index (κ2) is 7.88. The van der Waals surface area contributed by atoms with E-state index in [1.54, 1.807) is 24.5 Å². The van der Waals surface area contributed by atoms with Gasteiger partial charge in [-0.15, -0.1) is 0 Å². The predicted molar refractivity (Wildman–Crippen MR) is 100 cm³/mol. The van der Waals surface area contributed by atoms with Crippen molar-refractivity contribution in [3.63, 3.8) is 0 Å². The van der Waals surface area contributed by atoms with Crippen LogP contribution in [0.25, 0.3) is 0 Å². The quantitative estimate of drug-likeness (QED) is 0.762. The average Bonchev–Trinajstić information content (AvgIpc) is 3.05. The number of aromatic nitrogens is 1. The summed E-state index contributed by atoms with van der Waals surface area (Å²) in [5, 5.41) is 0. The van der Waals surface area contributed by atoms with Crippen LogP contribution in [-0.2, 0) is 4.74 Å². The summed E-state index contributed by atoms with van der Waals surface area (Å²) in [4.78, 5) is 32.6. The van der Waals surface area contributed by atoms with Crippen molar-refractivity contribution in [3.8, 4) is 0 Å². The van der Waals surface area contributed by atoms with Crippen LogP contribution in [-0.4, -0.2) is 59.4 Å². The van der Waals surface area contributed by atoms with E-state index in [1.165, 1.54) is 0 Å². The Balaban J connectivity index is 1.23. The first-order valence-electron chi connectivity index (χ1n) is 9.44. The van der Waals surface area contributed by atoms with Crippen molar-refractivity contribution >= 4 is 11.9 Å². The van der Waals surface area contributed by atoms with Gasteiger partial charge in [-0.25, -0.2) is 4.79 Å². The number of rotatable bonds is 5. The van der Waals surface area contributed by atoms with Crippen molar-refractivity contribution in [2.24, 2.45) is 0 Å². The molecular weight excluding hydrogens is 342 g/mol. The highest BCUT2D eigenvalue weighted by Crippen LogP contribution is 2.33. The summed E-state index contributed by atoms with van der Waals surface area (Å²) < 4.78 is 5.50. The van der Waals surface area contributed by atoms with Crippen LogP contribution in [0.3, 0.4) is 0 Å². The van der Waals surface area contributed by atoms with Crippen molar-refractivity contribution in [1.82, 2.24) is 14.8 Å². The van der Waals surface area contributed by atoms with Crippen molar-refractivity contribution in [1.29, 1.82) is 0 Å². The number of ether oxygens (including phenoxy) is 1. The van der Waals surface area contributed by atoms with Crippen molar-refractivity contribution in [3.05, 3.63) is 65.5 Å². The van der Waals surface area contributed by atoms with Gasteiger partial charge >= 0.3 is 5.97 Å². The van der Waals surface area contributed by atoms with E-state index >= 15 is 0 Å². The number of nitrogens with zero attached hydrogens (tertiary/aromatic N) is 3. The minimum absolute atomic E-state index is 0.0755. The lowest BCUT2D eigenvalue weighted by Crippen LogP contribution is -2.48. The van der Waals surface area contributed by atoms with E-state index in [2.05, 4.69) is 9.88 Å². The summed E-state index contributed by atoms with van der Waals surface area (Å²) in [5.41, 5.74) is 2.40. The molecule has 140 valence electrons. The van der Waals surface area contributed by atoms with Crippen LogP contribution >= 0.6 is 0 Å². The molecule has 1 atom stereocenters. The lowest BCUT2D eigenvalue weighted by molar-refractivity contribution is 0.0353. The first kappa shape index (κ1) is 17.7. The normalized spacial score (nSPS) is 19.6. The molecule has 2 aromatic rings. The molecule has 1 fully saturated rings. The van der Waals surface area contributed by atoms with Crippen LogP contribution in [0, 0.1) is 0 Å². The van der Waals surface area contributed by atoms with E-state index in [9.17, 15) is 9.59 Å². The molecule has 0 spiro atoms. The first-order valence-corrected chi connectivity index (χ1v) is 9.44. The zero-order valence-electron chi connectivity index (χ0n) is 15.2. The summed E-state index contributed by atoms with van der Waals surface area (Å²) in [6.45, 7) is 4.17. The number of piperazine rings is 1. The maximum atomic E-state index is 12.5. The Hall–Kier alpha value is -2.73. The van der Waals surface area contributed by atoms with Crippen LogP contribution < -0.4 is 0 Å². The maximum Gasteiger partial charge on any atom is 0.339 e. The van der Waals surface area contributed by atoms with Gasteiger partial charge < -0.3 is 9.64 Å². The van der Waals surface area contributed by atoms with Gasteiger partial charge in [0.2, 0.25) is 0 Å². The molecule has 6 heteroatoms. The summed E-state index contributed by atoms with van der Waals surface area (Å²) >= 11 is 0. The fourth-order valence-corrected chi connectivity index (χ4v) is 3.79. The van der Waals surface area contributed by atoms with E-state index in [1.807, 2.05) is 29.2 Å². The molecule has 4 rings (SSSR count). The Bertz CT molecular complexity index is 816. The number of hydrogen-bond acceptors (Lipinski definition) is 5. The number of hydrogen-bond donors (Lipinski definition) is 0. The third-order valence-corrected chi connectivity index (χ3v) is 5.30. The highest BCUT2D eigenvalue weighted by molar-refractivity contribution is 5.94. The molecule has 0 radical (unpaired) electrons. The number of carbonyl (C=O) groups excluding carboxylic acids is 2. The zero-order valence-corrected chi connectivity index (χ0v) is 15.2. The summed E-state index contributed by atoms with van der Waals surface area (Å²) in [6, 6.07) is 11.2. The number of benzene rings is 1. The molecule has 1 aromatic heterocycles. The summed E-state index contributed by atoms with van der Waals surface area (Å²) in [6.07, 6.45) is 4.97. The largest absolute Gasteiger partial charge is 0.454 e. The second-order valence-corrected chi connectivity index (χ2v) is 6.99. The molecule has 1 unspecified atom stereocenters. The van der Waals surface area contributed by atoms with Crippen molar-refractivity contribution in [2.45, 2.75) is 18.9 Å². The molecule has 6 nitrogen and oxygen atoms in total. The third kappa shape index (κ3) is 3.85. The molecule has 0 N–H and O–H groups in total. The molecule has 1 amide bonds. The van der Waals surface area contributed by atoms with Gasteiger partial charge in [-0.05, 0) is 37.6 Å². The van der Waals surface area contributed by atoms with Gasteiger partial charge in [0.25, 0.3) is 5.91 Å². The van der Waals surface area contributed by atoms with Gasteiger partial charge in [-0.2, -0.15) is 0 Å². The molecule has 0 aliphatic carbocycles. The first-order chi connectivity index (χ1) is 13.2. The van der Waals surface area contributed by atoms with Crippen molar-refractivity contribution < 1.29 is 14.3 Å². The number of esters is 1. The molecular formula is C21H23N3O3. The molecule has 2 aliphatic rings. The number of fused-ring (bicyclic) bond motifs is 1. The second-order valence-electron chi connectivity index (χ2n) is 6.99. The number of amides is 1. The Kier molecular flexibility index (Phi) is 5.16. The predicted octanol–water partition coefficient (Wildman–Crippen LogP) is 2.53. The van der Waals surface area contributed by atoms with Gasteiger partial charge in [0, 0.05) is 49.7 Å². The standard InChI is InChI=1S/C21H23N3O3/c25-20(16-7-9-22-10-8-16)24-14-12-23(13-15-24)11-3-6-19-17-4-1-2-5-18(17)21(26)27-19/h1-2,4-5,7-10,19H,3,6,11-15H2. The van der Waals surface area contributed by atoms with Crippen LogP contribution in [0.2, 0.25) is 0 Å². The minimum atomic E-state index is -0.209. The Labute approximate surface area is 158 Å². The van der Waals surface area contributed by atoms with E-state index in [0.29, 0.717) is 11.1 Å². The van der Waals surface area contributed by atoms with Crippen LogP contribution in [0.4, 0.5) is 0 Å². The highest BCUT2D eigenvalue weighted by atomic mass is 16.5. The smallest absolute Gasteiger partial charge is 0.339 e. The lowest BCUT2D eigenvalue weighted by Gasteiger charge is -2.34. The summed E-state index contributed by atoms with van der Waals surface area (Å²) in [7, 11) is 0. The fraction of sp³-hybridized carbons (Fsp3) is 0.381. The van der Waals surface area contributed by atoms with Gasteiger partial charge in [-0.1, -0.05) is 18.2 Å². The highest BCUT2D eigenvalue weighted by Gasteiger charge is 2.30. The third-order valence-electron chi connectivity index (χ3n) is 5.30. The molecule has 1 aromatic carbocycles. The number of cyclic esters (lactones) is 1. The van der Waals surface area contributed by atoms with Gasteiger partial charge in [0.15, 0.2) is 0 Å². The Morgan fingerprint density at radius 1 is 1.07 bits per heavy atom. The Morgan fingerprint density at radius 2 is 1.81 bits per heavy atom. The lowest BCUT2D eigenvalue weighted by atomic mass is 10.0. The van der Waals surface area contributed by atoms with Crippen molar-refractivity contribution in [2.75, 3.05) is 32.7 Å². The molecule has 3 heterocycles. The average molecular weight is 365 g/mol. The monoisotopic (exact) mass is 365 g/mol. The van der Waals surface area contributed by atoms with E-state index < -0.39 is 0 Å². The van der Waals surface area contributed by atoms with E-state index in [4.69, 9.17) is 4.74 Å². The van der Waals surface area contributed by atoms with Crippen LogP contribution in [0.1, 0.15) is 45.2 Å². The Morgan fingerprint density at radius 3 is 2.59 bits per heavy atom. The maximum absolute atomic E-state index is 12.5. The van der Waals surface area contributed by atoms with E-state index in [-0.39, 0.29) is 18.0 Å². The van der Waals surface area contributed by atoms with Crippen LogP contribution in [0.15, 0.2) is 48.8 Å². The topological polar surface area (TPSA) is 62.7 Å². The summed E-state index contributed by atoms with van der Waals surface area (Å²) in [5.74, 6) is -0.134. The van der Waals surface area contributed by atoms with E-state index in [0.717, 1.165) is 51.1 Å². The minimum Gasteiger partial charge on any atom is -0.454 e.